The number of amides is 2. The number of carbonyl (C=O) groups is 2. The normalized spacial score (nSPS) is 24.7. The van der Waals surface area contributed by atoms with Gasteiger partial charge in [-0.2, -0.15) is 9.90 Å². The average molecular weight is 409 g/mol. The van der Waals surface area contributed by atoms with Gasteiger partial charge in [-0.15, -0.1) is 5.10 Å². The maximum atomic E-state index is 13.3. The van der Waals surface area contributed by atoms with Crippen molar-refractivity contribution in [1.29, 1.82) is 0 Å². The zero-order chi connectivity index (χ0) is 21.5. The van der Waals surface area contributed by atoms with E-state index < -0.39 is 5.54 Å². The lowest BCUT2D eigenvalue weighted by Gasteiger charge is -2.43. The van der Waals surface area contributed by atoms with Crippen LogP contribution in [0.15, 0.2) is 35.3 Å². The van der Waals surface area contributed by atoms with Crippen LogP contribution in [-0.4, -0.2) is 68.2 Å². The molecule has 1 fully saturated rings. The molecule has 30 heavy (non-hydrogen) atoms. The number of nitrogens with two attached hydrogens (primary N) is 1. The molecule has 0 bridgehead atoms. The summed E-state index contributed by atoms with van der Waals surface area (Å²) in [5.41, 5.74) is 7.11. The summed E-state index contributed by atoms with van der Waals surface area (Å²) in [4.78, 5) is 34.9. The number of aromatic nitrogens is 3. The van der Waals surface area contributed by atoms with Gasteiger partial charge < -0.3 is 10.6 Å². The Morgan fingerprint density at radius 3 is 2.67 bits per heavy atom. The van der Waals surface area contributed by atoms with E-state index in [9.17, 15) is 9.59 Å². The third-order valence-electron chi connectivity index (χ3n) is 6.16. The van der Waals surface area contributed by atoms with Gasteiger partial charge in [0.15, 0.2) is 11.7 Å². The molecule has 0 spiro atoms. The first-order chi connectivity index (χ1) is 14.3. The highest BCUT2D eigenvalue weighted by atomic mass is 16.2. The molecule has 3 heterocycles. The zero-order valence-corrected chi connectivity index (χ0v) is 17.6. The topological polar surface area (TPSA) is 110 Å². The summed E-state index contributed by atoms with van der Waals surface area (Å²) in [6.07, 6.45) is 2.03. The molecule has 2 N–H and O–H groups in total. The number of carbonyl (C=O) groups excluding carboxylic acids is 2. The Morgan fingerprint density at radius 1 is 1.23 bits per heavy atom. The minimum atomic E-state index is -0.608. The van der Waals surface area contributed by atoms with E-state index in [1.807, 2.05) is 37.3 Å². The smallest absolute Gasteiger partial charge is 0.276 e. The van der Waals surface area contributed by atoms with Crippen molar-refractivity contribution in [3.8, 4) is 5.69 Å². The molecule has 2 aliphatic rings. The minimum Gasteiger partial charge on any atom is -0.369 e. The maximum absolute atomic E-state index is 13.3. The van der Waals surface area contributed by atoms with Crippen LogP contribution in [0.2, 0.25) is 0 Å². The SMILES string of the molecule is Cc1nn(-c2ccccc2)nc1C(=O)N1CCCC([C@]2(C)CC(=O)N(C)C(N)=N2)C1. The number of para-hydroxylation sites is 1. The number of aliphatic imine (C=N–C) groups is 1. The van der Waals surface area contributed by atoms with Crippen LogP contribution in [0.4, 0.5) is 0 Å². The number of rotatable bonds is 3. The second-order valence-electron chi connectivity index (χ2n) is 8.31. The van der Waals surface area contributed by atoms with Crippen LogP contribution in [0.3, 0.4) is 0 Å². The first-order valence-electron chi connectivity index (χ1n) is 10.2. The monoisotopic (exact) mass is 409 g/mol. The number of hydrogen-bond acceptors (Lipinski definition) is 6. The molecule has 4 rings (SSSR count). The largest absolute Gasteiger partial charge is 0.369 e. The molecule has 2 aromatic rings. The molecular weight excluding hydrogens is 382 g/mol. The molecule has 2 atom stereocenters. The van der Waals surface area contributed by atoms with Crippen LogP contribution < -0.4 is 5.73 Å². The van der Waals surface area contributed by atoms with E-state index in [1.54, 1.807) is 18.9 Å². The van der Waals surface area contributed by atoms with Crippen LogP contribution in [0, 0.1) is 12.8 Å². The number of guanidine groups is 1. The lowest BCUT2D eigenvalue weighted by molar-refractivity contribution is -0.129. The highest BCUT2D eigenvalue weighted by Gasteiger charge is 2.43. The highest BCUT2D eigenvalue weighted by Crippen LogP contribution is 2.36. The number of piperidine rings is 1. The molecule has 158 valence electrons. The molecule has 9 nitrogen and oxygen atoms in total. The third kappa shape index (κ3) is 3.55. The van der Waals surface area contributed by atoms with Crippen molar-refractivity contribution in [3.05, 3.63) is 41.7 Å². The van der Waals surface area contributed by atoms with Crippen LogP contribution >= 0.6 is 0 Å². The zero-order valence-electron chi connectivity index (χ0n) is 17.6. The van der Waals surface area contributed by atoms with E-state index >= 15 is 0 Å². The summed E-state index contributed by atoms with van der Waals surface area (Å²) in [5, 5.41) is 8.87. The van der Waals surface area contributed by atoms with E-state index in [2.05, 4.69) is 15.2 Å². The van der Waals surface area contributed by atoms with Gasteiger partial charge in [0.05, 0.1) is 23.3 Å². The summed E-state index contributed by atoms with van der Waals surface area (Å²) in [5.74, 6) is 0.101. The number of hydrogen-bond donors (Lipinski definition) is 1. The summed E-state index contributed by atoms with van der Waals surface area (Å²) in [6, 6.07) is 9.51. The lowest BCUT2D eigenvalue weighted by atomic mass is 9.77. The first kappa shape index (κ1) is 20.1. The van der Waals surface area contributed by atoms with Gasteiger partial charge in [0, 0.05) is 26.1 Å². The lowest BCUT2D eigenvalue weighted by Crippen LogP contribution is -2.54. The second kappa shape index (κ2) is 7.55. The Bertz CT molecular complexity index is 1000. The molecule has 1 saturated heterocycles. The quantitative estimate of drug-likeness (QED) is 0.823. The molecule has 0 aliphatic carbocycles. The van der Waals surface area contributed by atoms with Crippen LogP contribution in [0.5, 0.6) is 0 Å². The Labute approximate surface area is 175 Å². The summed E-state index contributed by atoms with van der Waals surface area (Å²) in [6.45, 7) is 4.92. The van der Waals surface area contributed by atoms with E-state index in [1.165, 1.54) is 9.70 Å². The van der Waals surface area contributed by atoms with Gasteiger partial charge in [0.25, 0.3) is 5.91 Å². The number of nitrogens with zero attached hydrogens (tertiary/aromatic N) is 6. The summed E-state index contributed by atoms with van der Waals surface area (Å²) in [7, 11) is 1.64. The minimum absolute atomic E-state index is 0.0462. The summed E-state index contributed by atoms with van der Waals surface area (Å²) >= 11 is 0. The van der Waals surface area contributed by atoms with Crippen molar-refractivity contribution in [2.45, 2.75) is 38.6 Å². The van der Waals surface area contributed by atoms with Gasteiger partial charge in [0.1, 0.15) is 0 Å². The third-order valence-corrected chi connectivity index (χ3v) is 6.16. The predicted octanol–water partition coefficient (Wildman–Crippen LogP) is 1.36. The van der Waals surface area contributed by atoms with E-state index in [-0.39, 0.29) is 23.7 Å². The Hall–Kier alpha value is -3.23. The van der Waals surface area contributed by atoms with E-state index in [0.29, 0.717) is 30.9 Å². The van der Waals surface area contributed by atoms with Crippen molar-refractivity contribution in [2.24, 2.45) is 16.6 Å². The van der Waals surface area contributed by atoms with Crippen LogP contribution in [0.1, 0.15) is 42.4 Å². The van der Waals surface area contributed by atoms with E-state index in [4.69, 9.17) is 5.73 Å². The molecule has 0 saturated carbocycles. The van der Waals surface area contributed by atoms with Crippen molar-refractivity contribution in [3.63, 3.8) is 0 Å². The Kier molecular flexibility index (Phi) is 5.05. The summed E-state index contributed by atoms with van der Waals surface area (Å²) < 4.78 is 0. The number of benzene rings is 1. The van der Waals surface area contributed by atoms with Crippen molar-refractivity contribution in [2.75, 3.05) is 20.1 Å². The molecule has 9 heteroatoms. The Morgan fingerprint density at radius 2 is 1.97 bits per heavy atom. The second-order valence-corrected chi connectivity index (χ2v) is 8.31. The van der Waals surface area contributed by atoms with Gasteiger partial charge in [-0.3, -0.25) is 14.5 Å². The van der Waals surface area contributed by atoms with Crippen molar-refractivity contribution in [1.82, 2.24) is 24.8 Å². The van der Waals surface area contributed by atoms with E-state index in [0.717, 1.165) is 18.5 Å². The van der Waals surface area contributed by atoms with Crippen LogP contribution in [-0.2, 0) is 4.79 Å². The fraction of sp³-hybridized carbons (Fsp3) is 0.476. The molecule has 1 aromatic heterocycles. The fourth-order valence-electron chi connectivity index (χ4n) is 4.24. The number of likely N-dealkylation sites (tertiary alicyclic amines) is 1. The highest BCUT2D eigenvalue weighted by molar-refractivity contribution is 5.98. The van der Waals surface area contributed by atoms with Crippen molar-refractivity contribution < 1.29 is 9.59 Å². The molecule has 0 radical (unpaired) electrons. The first-order valence-corrected chi connectivity index (χ1v) is 10.2. The van der Waals surface area contributed by atoms with Gasteiger partial charge in [0.2, 0.25) is 5.91 Å². The molecule has 1 unspecified atom stereocenters. The van der Waals surface area contributed by atoms with Gasteiger partial charge in [-0.1, -0.05) is 18.2 Å². The maximum Gasteiger partial charge on any atom is 0.276 e. The van der Waals surface area contributed by atoms with Gasteiger partial charge in [-0.05, 0) is 38.8 Å². The van der Waals surface area contributed by atoms with Gasteiger partial charge in [-0.25, -0.2) is 4.99 Å². The average Bonchev–Trinajstić information content (AvgIpc) is 3.14. The molecule has 2 amide bonds. The Balaban J connectivity index is 1.55. The fourth-order valence-corrected chi connectivity index (χ4v) is 4.24. The molecule has 2 aliphatic heterocycles. The van der Waals surface area contributed by atoms with Crippen molar-refractivity contribution >= 4 is 17.8 Å². The van der Waals surface area contributed by atoms with Crippen LogP contribution in [0.25, 0.3) is 5.69 Å². The predicted molar refractivity (Wildman–Crippen MR) is 112 cm³/mol. The molecular formula is C21H27N7O2. The molecule has 1 aromatic carbocycles. The number of aryl methyl sites for hydroxylation is 1. The van der Waals surface area contributed by atoms with Gasteiger partial charge >= 0.3 is 0 Å². The standard InChI is InChI=1S/C21H27N7O2/c1-14-18(25-28(24-14)16-9-5-4-6-10-16)19(30)27-11-7-8-15(13-27)21(2)12-17(29)26(3)20(22)23-21/h4-6,9-10,15H,7-8,11-13H2,1-3H3,(H2,22,23)/t15?,21-/m0/s1.